The van der Waals surface area contributed by atoms with Gasteiger partial charge in [-0.2, -0.15) is 0 Å². The highest BCUT2D eigenvalue weighted by atomic mass is 16.5. The third-order valence-electron chi connectivity index (χ3n) is 8.84. The van der Waals surface area contributed by atoms with E-state index in [-0.39, 0.29) is 24.0 Å². The van der Waals surface area contributed by atoms with Crippen LogP contribution in [0.25, 0.3) is 11.0 Å². The molecular formula is C32H37N5O3. The van der Waals surface area contributed by atoms with Crippen LogP contribution in [-0.2, 0) is 29.5 Å². The van der Waals surface area contributed by atoms with Crippen molar-refractivity contribution >= 4 is 17.0 Å². The molecule has 0 fully saturated rings. The minimum Gasteiger partial charge on any atom is -0.473 e. The van der Waals surface area contributed by atoms with Crippen LogP contribution in [-0.4, -0.2) is 50.6 Å². The number of fused-ring (bicyclic) bond motifs is 3. The molecule has 3 heterocycles. The first-order chi connectivity index (χ1) is 19.2. The number of ether oxygens (including phenoxy) is 2. The van der Waals surface area contributed by atoms with Crippen LogP contribution in [0, 0.1) is 12.3 Å². The van der Waals surface area contributed by atoms with Crippen LogP contribution in [0.5, 0.6) is 5.88 Å². The molecule has 6 rings (SSSR count). The predicted octanol–water partition coefficient (Wildman–Crippen LogP) is 5.27. The third-order valence-corrected chi connectivity index (χ3v) is 8.84. The molecule has 40 heavy (non-hydrogen) atoms. The zero-order valence-corrected chi connectivity index (χ0v) is 24.1. The Morgan fingerprint density at radius 3 is 2.80 bits per heavy atom. The Balaban J connectivity index is 1.45. The summed E-state index contributed by atoms with van der Waals surface area (Å²) in [6.45, 7) is 9.76. The van der Waals surface area contributed by atoms with Crippen molar-refractivity contribution in [2.75, 3.05) is 13.7 Å². The van der Waals surface area contributed by atoms with Gasteiger partial charge < -0.3 is 9.47 Å². The summed E-state index contributed by atoms with van der Waals surface area (Å²) >= 11 is 0. The molecule has 0 saturated carbocycles. The van der Waals surface area contributed by atoms with E-state index in [4.69, 9.17) is 9.47 Å². The molecule has 8 heteroatoms. The summed E-state index contributed by atoms with van der Waals surface area (Å²) in [5.41, 5.74) is 8.04. The van der Waals surface area contributed by atoms with Gasteiger partial charge in [-0.25, -0.2) is 9.67 Å². The van der Waals surface area contributed by atoms with Crippen molar-refractivity contribution in [3.8, 4) is 5.88 Å². The predicted molar refractivity (Wildman–Crippen MR) is 153 cm³/mol. The number of hydrogen-bond donors (Lipinski definition) is 0. The van der Waals surface area contributed by atoms with Gasteiger partial charge >= 0.3 is 5.97 Å². The fourth-order valence-electron chi connectivity index (χ4n) is 6.81. The van der Waals surface area contributed by atoms with Gasteiger partial charge in [0.15, 0.2) is 0 Å². The van der Waals surface area contributed by atoms with Gasteiger partial charge in [-0.3, -0.25) is 9.69 Å². The van der Waals surface area contributed by atoms with Gasteiger partial charge in [-0.15, -0.1) is 5.10 Å². The zero-order valence-electron chi connectivity index (χ0n) is 24.1. The standard InChI is InChI=1S/C32H37N5O3/c1-19-17-37(18-23-8-7-15-33-30(23)40-19)26-13-11-21-9-10-22(16-25(21)26)28(32(3,4)31(38)39-6)24-12-14-27-29(20(24)2)34-35-36(27)5/h7-10,12,14-16,19,26,28H,11,13,17-18H2,1-6H3. The fraction of sp³-hybridized carbons (Fsp3) is 0.438. The summed E-state index contributed by atoms with van der Waals surface area (Å²) in [7, 11) is 3.36. The number of methoxy groups -OCH3 is 1. The van der Waals surface area contributed by atoms with Crippen LogP contribution < -0.4 is 4.74 Å². The molecule has 0 spiro atoms. The van der Waals surface area contributed by atoms with E-state index in [2.05, 4.69) is 70.4 Å². The molecule has 0 radical (unpaired) electrons. The lowest BCUT2D eigenvalue weighted by Crippen LogP contribution is -2.34. The molecule has 4 aromatic rings. The monoisotopic (exact) mass is 539 g/mol. The number of carbonyl (C=O) groups excluding carboxylic acids is 1. The van der Waals surface area contributed by atoms with Gasteiger partial charge in [0, 0.05) is 43.9 Å². The first kappa shape index (κ1) is 26.4. The van der Waals surface area contributed by atoms with Crippen molar-refractivity contribution in [2.45, 2.75) is 65.1 Å². The Bertz CT molecular complexity index is 1590. The molecule has 0 amide bonds. The second kappa shape index (κ2) is 10.0. The number of hydrogen-bond acceptors (Lipinski definition) is 7. The van der Waals surface area contributed by atoms with E-state index in [1.54, 1.807) is 10.9 Å². The smallest absolute Gasteiger partial charge is 0.312 e. The van der Waals surface area contributed by atoms with Crippen LogP contribution in [0.2, 0.25) is 0 Å². The largest absolute Gasteiger partial charge is 0.473 e. The summed E-state index contributed by atoms with van der Waals surface area (Å²) in [6, 6.07) is 15.3. The maximum atomic E-state index is 13.3. The first-order valence-corrected chi connectivity index (χ1v) is 14.0. The first-order valence-electron chi connectivity index (χ1n) is 14.0. The lowest BCUT2D eigenvalue weighted by molar-refractivity contribution is -0.151. The van der Waals surface area contributed by atoms with E-state index in [0.717, 1.165) is 65.1 Å². The maximum absolute atomic E-state index is 13.3. The molecule has 3 unspecified atom stereocenters. The van der Waals surface area contributed by atoms with Crippen LogP contribution in [0.1, 0.15) is 72.5 Å². The highest BCUT2D eigenvalue weighted by Gasteiger charge is 2.42. The molecule has 0 saturated heterocycles. The van der Waals surface area contributed by atoms with E-state index in [1.807, 2.05) is 27.0 Å². The normalized spacial score (nSPS) is 19.9. The Hall–Kier alpha value is -3.78. The van der Waals surface area contributed by atoms with Gasteiger partial charge in [-0.1, -0.05) is 35.5 Å². The van der Waals surface area contributed by atoms with Gasteiger partial charge in [0.2, 0.25) is 5.88 Å². The molecular weight excluding hydrogens is 502 g/mol. The van der Waals surface area contributed by atoms with E-state index < -0.39 is 5.41 Å². The molecule has 1 aliphatic heterocycles. The van der Waals surface area contributed by atoms with E-state index in [0.29, 0.717) is 0 Å². The zero-order chi connectivity index (χ0) is 28.2. The van der Waals surface area contributed by atoms with Crippen molar-refractivity contribution in [1.82, 2.24) is 24.9 Å². The quantitative estimate of drug-likeness (QED) is 0.320. The van der Waals surface area contributed by atoms with Gasteiger partial charge in [0.1, 0.15) is 11.6 Å². The molecule has 0 N–H and O–H groups in total. The second-order valence-electron chi connectivity index (χ2n) is 11.8. The lowest BCUT2D eigenvalue weighted by Gasteiger charge is -2.35. The number of esters is 1. The van der Waals surface area contributed by atoms with E-state index >= 15 is 0 Å². The maximum Gasteiger partial charge on any atom is 0.312 e. The Labute approximate surface area is 235 Å². The number of aryl methyl sites for hydroxylation is 3. The van der Waals surface area contributed by atoms with E-state index in [1.165, 1.54) is 18.2 Å². The van der Waals surface area contributed by atoms with Crippen molar-refractivity contribution in [2.24, 2.45) is 12.5 Å². The van der Waals surface area contributed by atoms with Gasteiger partial charge in [0.05, 0.1) is 18.0 Å². The van der Waals surface area contributed by atoms with E-state index in [9.17, 15) is 4.79 Å². The Morgan fingerprint density at radius 1 is 1.18 bits per heavy atom. The summed E-state index contributed by atoms with van der Waals surface area (Å²) in [5.74, 6) is 0.268. The summed E-state index contributed by atoms with van der Waals surface area (Å²) in [6.07, 6.45) is 3.91. The molecule has 8 nitrogen and oxygen atoms in total. The number of pyridine rings is 1. The van der Waals surface area contributed by atoms with Gasteiger partial charge in [0.25, 0.3) is 0 Å². The second-order valence-corrected chi connectivity index (χ2v) is 11.8. The minimum absolute atomic E-state index is 0.0377. The van der Waals surface area contributed by atoms with Gasteiger partial charge in [-0.05, 0) is 80.5 Å². The van der Waals surface area contributed by atoms with Crippen LogP contribution in [0.15, 0.2) is 48.7 Å². The summed E-state index contributed by atoms with van der Waals surface area (Å²) in [4.78, 5) is 20.3. The average molecular weight is 540 g/mol. The van der Waals surface area contributed by atoms with Crippen LogP contribution >= 0.6 is 0 Å². The minimum atomic E-state index is -0.812. The highest BCUT2D eigenvalue weighted by Crippen LogP contribution is 2.47. The fourth-order valence-corrected chi connectivity index (χ4v) is 6.81. The highest BCUT2D eigenvalue weighted by molar-refractivity contribution is 5.82. The molecule has 0 bridgehead atoms. The Morgan fingerprint density at radius 2 is 2.00 bits per heavy atom. The van der Waals surface area contributed by atoms with Crippen LogP contribution in [0.3, 0.4) is 0 Å². The summed E-state index contributed by atoms with van der Waals surface area (Å²) < 4.78 is 13.3. The number of rotatable bonds is 5. The number of benzene rings is 2. The summed E-state index contributed by atoms with van der Waals surface area (Å²) in [5, 5.41) is 8.68. The Kier molecular flexibility index (Phi) is 6.61. The molecule has 2 aliphatic rings. The topological polar surface area (TPSA) is 82.4 Å². The van der Waals surface area contributed by atoms with Crippen molar-refractivity contribution in [1.29, 1.82) is 0 Å². The lowest BCUT2D eigenvalue weighted by atomic mass is 9.69. The molecule has 3 atom stereocenters. The third kappa shape index (κ3) is 4.35. The molecule has 2 aromatic carbocycles. The molecule has 2 aromatic heterocycles. The van der Waals surface area contributed by atoms with Crippen LogP contribution in [0.4, 0.5) is 0 Å². The number of aromatic nitrogens is 4. The molecule has 208 valence electrons. The average Bonchev–Trinajstić information content (AvgIpc) is 3.48. The van der Waals surface area contributed by atoms with Crippen molar-refractivity contribution in [3.63, 3.8) is 0 Å². The number of nitrogens with zero attached hydrogens (tertiary/aromatic N) is 5. The molecule has 1 aliphatic carbocycles. The van der Waals surface area contributed by atoms with Crippen molar-refractivity contribution < 1.29 is 14.3 Å². The SMILES string of the molecule is COC(=O)C(C)(C)C(c1ccc2c(c1)C(N1Cc3cccnc3OC(C)C1)CC2)c1ccc2c(nnn2C)c1C. The van der Waals surface area contributed by atoms with Crippen molar-refractivity contribution in [3.05, 3.63) is 82.0 Å². The number of carbonyl (C=O) groups is 1.